The van der Waals surface area contributed by atoms with Crippen LogP contribution in [0.25, 0.3) is 0 Å². The summed E-state index contributed by atoms with van der Waals surface area (Å²) in [6, 6.07) is 0.354. The highest BCUT2D eigenvalue weighted by Gasteiger charge is 2.07. The molecule has 0 bridgehead atoms. The average molecular weight is 161 g/mol. The fraction of sp³-hybridized carbons (Fsp3) is 0.833. The molecule has 4 heteroatoms. The molecular formula is C6H15N3S. The van der Waals surface area contributed by atoms with Crippen molar-refractivity contribution in [3.05, 3.63) is 0 Å². The number of hydrogen-bond acceptors (Lipinski definition) is 2. The van der Waals surface area contributed by atoms with E-state index in [1.807, 2.05) is 13.3 Å². The van der Waals surface area contributed by atoms with Crippen molar-refractivity contribution in [2.75, 3.05) is 19.1 Å². The van der Waals surface area contributed by atoms with Crippen molar-refractivity contribution in [2.24, 2.45) is 5.73 Å². The SMILES string of the molecule is CSCC(C)N(C)C(=N)N. The molecule has 0 aromatic rings. The maximum Gasteiger partial charge on any atom is 0.188 e. The molecular weight excluding hydrogens is 146 g/mol. The summed E-state index contributed by atoms with van der Waals surface area (Å²) in [5.41, 5.74) is 5.27. The molecule has 0 aliphatic carbocycles. The molecule has 1 unspecified atom stereocenters. The lowest BCUT2D eigenvalue weighted by Gasteiger charge is -2.23. The van der Waals surface area contributed by atoms with Crippen LogP contribution in [0, 0.1) is 5.41 Å². The largest absolute Gasteiger partial charge is 0.370 e. The zero-order valence-electron chi connectivity index (χ0n) is 6.72. The minimum atomic E-state index is 0.140. The van der Waals surface area contributed by atoms with Gasteiger partial charge in [-0.1, -0.05) is 0 Å². The molecule has 0 aromatic carbocycles. The predicted octanol–water partition coefficient (Wildman–Crippen LogP) is 0.563. The lowest BCUT2D eigenvalue weighted by atomic mass is 10.3. The van der Waals surface area contributed by atoms with E-state index in [1.165, 1.54) is 0 Å². The van der Waals surface area contributed by atoms with Gasteiger partial charge in [-0.05, 0) is 13.2 Å². The quantitative estimate of drug-likeness (QED) is 0.470. The smallest absolute Gasteiger partial charge is 0.188 e. The Bertz CT molecular complexity index is 116. The van der Waals surface area contributed by atoms with Gasteiger partial charge in [0.05, 0.1) is 0 Å². The minimum absolute atomic E-state index is 0.140. The van der Waals surface area contributed by atoms with Crippen LogP contribution in [0.5, 0.6) is 0 Å². The molecule has 0 spiro atoms. The maximum absolute atomic E-state index is 7.10. The van der Waals surface area contributed by atoms with Gasteiger partial charge in [0, 0.05) is 18.8 Å². The Morgan fingerprint density at radius 1 is 1.80 bits per heavy atom. The van der Waals surface area contributed by atoms with E-state index >= 15 is 0 Å². The Balaban J connectivity index is 3.69. The predicted molar refractivity (Wildman–Crippen MR) is 47.5 cm³/mol. The molecule has 0 amide bonds. The monoisotopic (exact) mass is 161 g/mol. The number of nitrogens with zero attached hydrogens (tertiary/aromatic N) is 1. The van der Waals surface area contributed by atoms with Gasteiger partial charge in [0.25, 0.3) is 0 Å². The number of thioether (sulfide) groups is 1. The van der Waals surface area contributed by atoms with E-state index in [2.05, 4.69) is 6.92 Å². The minimum Gasteiger partial charge on any atom is -0.370 e. The summed E-state index contributed by atoms with van der Waals surface area (Å²) in [5.74, 6) is 1.15. The molecule has 3 N–H and O–H groups in total. The summed E-state index contributed by atoms with van der Waals surface area (Å²) in [4.78, 5) is 1.76. The summed E-state index contributed by atoms with van der Waals surface area (Å²) in [6.07, 6.45) is 2.05. The lowest BCUT2D eigenvalue weighted by molar-refractivity contribution is 0.416. The normalized spacial score (nSPS) is 12.7. The van der Waals surface area contributed by atoms with E-state index in [9.17, 15) is 0 Å². The first-order chi connectivity index (χ1) is 4.59. The molecule has 3 nitrogen and oxygen atoms in total. The molecule has 0 fully saturated rings. The molecule has 0 saturated carbocycles. The number of guanidine groups is 1. The van der Waals surface area contributed by atoms with E-state index in [0.717, 1.165) is 5.75 Å². The van der Waals surface area contributed by atoms with Gasteiger partial charge >= 0.3 is 0 Å². The van der Waals surface area contributed by atoms with Gasteiger partial charge in [0.2, 0.25) is 0 Å². The second-order valence-corrected chi connectivity index (χ2v) is 3.21. The maximum atomic E-state index is 7.10. The summed E-state index contributed by atoms with van der Waals surface area (Å²) >= 11 is 1.76. The first-order valence-corrected chi connectivity index (χ1v) is 4.54. The molecule has 0 rings (SSSR count). The van der Waals surface area contributed by atoms with E-state index < -0.39 is 0 Å². The zero-order chi connectivity index (χ0) is 8.15. The zero-order valence-corrected chi connectivity index (χ0v) is 7.53. The van der Waals surface area contributed by atoms with E-state index in [0.29, 0.717) is 6.04 Å². The van der Waals surface area contributed by atoms with Crippen LogP contribution in [0.4, 0.5) is 0 Å². The van der Waals surface area contributed by atoms with Crippen molar-refractivity contribution in [2.45, 2.75) is 13.0 Å². The highest BCUT2D eigenvalue weighted by Crippen LogP contribution is 2.01. The third kappa shape index (κ3) is 2.96. The number of hydrogen-bond donors (Lipinski definition) is 2. The third-order valence-corrected chi connectivity index (χ3v) is 2.26. The topological polar surface area (TPSA) is 53.1 Å². The second kappa shape index (κ2) is 4.44. The first-order valence-electron chi connectivity index (χ1n) is 3.15. The molecule has 0 radical (unpaired) electrons. The molecule has 10 heavy (non-hydrogen) atoms. The van der Waals surface area contributed by atoms with Gasteiger partial charge in [-0.3, -0.25) is 5.41 Å². The van der Waals surface area contributed by atoms with Crippen molar-refractivity contribution < 1.29 is 0 Å². The molecule has 0 aliphatic rings. The van der Waals surface area contributed by atoms with Crippen molar-refractivity contribution in [1.29, 1.82) is 5.41 Å². The van der Waals surface area contributed by atoms with Crippen LogP contribution >= 0.6 is 11.8 Å². The van der Waals surface area contributed by atoms with Gasteiger partial charge in [-0.25, -0.2) is 0 Å². The van der Waals surface area contributed by atoms with Gasteiger partial charge < -0.3 is 10.6 Å². The summed E-state index contributed by atoms with van der Waals surface area (Å²) in [6.45, 7) is 2.05. The van der Waals surface area contributed by atoms with Crippen LogP contribution in [0.15, 0.2) is 0 Å². The highest BCUT2D eigenvalue weighted by molar-refractivity contribution is 7.98. The average Bonchev–Trinajstić information content (AvgIpc) is 1.87. The Kier molecular flexibility index (Phi) is 4.27. The number of nitrogens with one attached hydrogen (secondary N) is 1. The molecule has 0 heterocycles. The summed E-state index contributed by atoms with van der Waals surface area (Å²) in [7, 11) is 1.84. The molecule has 0 aliphatic heterocycles. The fourth-order valence-corrected chi connectivity index (χ4v) is 1.30. The Morgan fingerprint density at radius 3 is 2.60 bits per heavy atom. The van der Waals surface area contributed by atoms with Crippen LogP contribution in [0.1, 0.15) is 6.92 Å². The van der Waals surface area contributed by atoms with Crippen LogP contribution in [-0.4, -0.2) is 36.0 Å². The van der Waals surface area contributed by atoms with Gasteiger partial charge in [0.15, 0.2) is 5.96 Å². The van der Waals surface area contributed by atoms with Crippen LogP contribution in [-0.2, 0) is 0 Å². The lowest BCUT2D eigenvalue weighted by Crippen LogP contribution is -2.40. The van der Waals surface area contributed by atoms with E-state index in [4.69, 9.17) is 11.1 Å². The van der Waals surface area contributed by atoms with Crippen molar-refractivity contribution >= 4 is 17.7 Å². The Hall–Kier alpha value is -0.380. The van der Waals surface area contributed by atoms with E-state index in [-0.39, 0.29) is 5.96 Å². The van der Waals surface area contributed by atoms with Gasteiger partial charge in [-0.2, -0.15) is 11.8 Å². The Labute approximate surface area is 66.5 Å². The standard InChI is InChI=1S/C6H15N3S/c1-5(4-10-3)9(2)6(7)8/h5H,4H2,1-3H3,(H3,7,8). The fourth-order valence-electron chi connectivity index (χ4n) is 0.590. The van der Waals surface area contributed by atoms with Gasteiger partial charge in [-0.15, -0.1) is 0 Å². The van der Waals surface area contributed by atoms with Crippen LogP contribution < -0.4 is 5.73 Å². The third-order valence-electron chi connectivity index (χ3n) is 1.45. The molecule has 0 saturated heterocycles. The van der Waals surface area contributed by atoms with Crippen molar-refractivity contribution in [3.8, 4) is 0 Å². The van der Waals surface area contributed by atoms with Gasteiger partial charge in [0.1, 0.15) is 0 Å². The van der Waals surface area contributed by atoms with Crippen LogP contribution in [0.3, 0.4) is 0 Å². The van der Waals surface area contributed by atoms with E-state index in [1.54, 1.807) is 16.7 Å². The summed E-state index contributed by atoms with van der Waals surface area (Å²) in [5, 5.41) is 7.10. The first kappa shape index (κ1) is 9.62. The number of rotatable bonds is 3. The highest BCUT2D eigenvalue weighted by atomic mass is 32.2. The Morgan fingerprint density at radius 2 is 2.30 bits per heavy atom. The van der Waals surface area contributed by atoms with Crippen molar-refractivity contribution in [3.63, 3.8) is 0 Å². The second-order valence-electron chi connectivity index (χ2n) is 2.30. The molecule has 1 atom stereocenters. The van der Waals surface area contributed by atoms with Crippen LogP contribution in [0.2, 0.25) is 0 Å². The van der Waals surface area contributed by atoms with Crippen molar-refractivity contribution in [1.82, 2.24) is 4.90 Å². The number of nitrogens with two attached hydrogens (primary N) is 1. The molecule has 0 aromatic heterocycles. The molecule has 60 valence electrons. The summed E-state index contributed by atoms with van der Waals surface area (Å²) < 4.78 is 0.